The Bertz CT molecular complexity index is 552. The van der Waals surface area contributed by atoms with E-state index in [0.29, 0.717) is 0 Å². The van der Waals surface area contributed by atoms with Crippen molar-refractivity contribution in [2.75, 3.05) is 6.54 Å². The first-order chi connectivity index (χ1) is 7.61. The lowest BCUT2D eigenvalue weighted by molar-refractivity contribution is 0.582. The predicted molar refractivity (Wildman–Crippen MR) is 56.6 cm³/mol. The standard InChI is InChI=1S/C10H9N3O2S/c11-6-3-7-13-16(14,15)10-5-2-1-4-9(10)8-12/h1-2,4-5,13H,3,7H2. The molecular formula is C10H9N3O2S. The van der Waals surface area contributed by atoms with Crippen LogP contribution in [0.2, 0.25) is 0 Å². The molecule has 82 valence electrons. The van der Waals surface area contributed by atoms with Gasteiger partial charge in [0.1, 0.15) is 6.07 Å². The fraction of sp³-hybridized carbons (Fsp3) is 0.200. The normalized spacial score (nSPS) is 10.4. The van der Waals surface area contributed by atoms with Gasteiger partial charge < -0.3 is 0 Å². The first-order valence-electron chi connectivity index (χ1n) is 4.47. The molecule has 0 amide bonds. The Morgan fingerprint density at radius 3 is 2.56 bits per heavy atom. The van der Waals surface area contributed by atoms with Gasteiger partial charge in [0.25, 0.3) is 0 Å². The Kier molecular flexibility index (Phi) is 4.01. The molecule has 0 aliphatic carbocycles. The van der Waals surface area contributed by atoms with E-state index in [0.717, 1.165) is 0 Å². The van der Waals surface area contributed by atoms with Gasteiger partial charge in [-0.05, 0) is 12.1 Å². The topological polar surface area (TPSA) is 93.8 Å². The minimum absolute atomic E-state index is 0.0403. The van der Waals surface area contributed by atoms with Crippen LogP contribution in [-0.4, -0.2) is 15.0 Å². The predicted octanol–water partition coefficient (Wildman–Crippen LogP) is 0.750. The molecule has 1 aromatic carbocycles. The van der Waals surface area contributed by atoms with Crippen LogP contribution in [0.4, 0.5) is 0 Å². The van der Waals surface area contributed by atoms with E-state index in [1.54, 1.807) is 12.1 Å². The lowest BCUT2D eigenvalue weighted by Crippen LogP contribution is -2.25. The zero-order valence-corrected chi connectivity index (χ0v) is 9.16. The zero-order valence-electron chi connectivity index (χ0n) is 8.34. The molecule has 0 aliphatic rings. The van der Waals surface area contributed by atoms with E-state index < -0.39 is 10.0 Å². The SMILES string of the molecule is N#CCCNS(=O)(=O)c1ccccc1C#N. The highest BCUT2D eigenvalue weighted by atomic mass is 32.2. The van der Waals surface area contributed by atoms with Crippen molar-refractivity contribution in [1.29, 1.82) is 10.5 Å². The van der Waals surface area contributed by atoms with Crippen molar-refractivity contribution in [2.45, 2.75) is 11.3 Å². The van der Waals surface area contributed by atoms with Gasteiger partial charge in [0.05, 0.1) is 16.5 Å². The summed E-state index contributed by atoms with van der Waals surface area (Å²) in [5.74, 6) is 0. The van der Waals surface area contributed by atoms with Crippen molar-refractivity contribution in [3.05, 3.63) is 29.8 Å². The number of nitriles is 2. The number of hydrogen-bond donors (Lipinski definition) is 1. The van der Waals surface area contributed by atoms with Crippen LogP contribution in [0.1, 0.15) is 12.0 Å². The van der Waals surface area contributed by atoms with Crippen molar-refractivity contribution >= 4 is 10.0 Å². The Balaban J connectivity index is 3.00. The number of nitrogens with one attached hydrogen (secondary N) is 1. The molecule has 1 rings (SSSR count). The van der Waals surface area contributed by atoms with Gasteiger partial charge in [0, 0.05) is 13.0 Å². The zero-order chi connectivity index (χ0) is 12.0. The fourth-order valence-corrected chi connectivity index (χ4v) is 2.30. The largest absolute Gasteiger partial charge is 0.241 e. The summed E-state index contributed by atoms with van der Waals surface area (Å²) in [6, 6.07) is 9.55. The van der Waals surface area contributed by atoms with E-state index in [1.807, 2.05) is 12.1 Å². The first kappa shape index (κ1) is 12.2. The van der Waals surface area contributed by atoms with Crippen LogP contribution in [0.15, 0.2) is 29.2 Å². The minimum atomic E-state index is -3.70. The number of benzene rings is 1. The van der Waals surface area contributed by atoms with Crippen LogP contribution in [0.3, 0.4) is 0 Å². The highest BCUT2D eigenvalue weighted by molar-refractivity contribution is 7.89. The fourth-order valence-electron chi connectivity index (χ4n) is 1.11. The monoisotopic (exact) mass is 235 g/mol. The second kappa shape index (κ2) is 5.26. The molecule has 0 bridgehead atoms. The molecule has 1 aromatic rings. The van der Waals surface area contributed by atoms with Gasteiger partial charge in [-0.25, -0.2) is 13.1 Å². The van der Waals surface area contributed by atoms with Crippen LogP contribution < -0.4 is 4.72 Å². The molecule has 0 aromatic heterocycles. The van der Waals surface area contributed by atoms with E-state index in [-0.39, 0.29) is 23.4 Å². The summed E-state index contributed by atoms with van der Waals surface area (Å²) in [5.41, 5.74) is 0.0898. The van der Waals surface area contributed by atoms with Crippen LogP contribution in [0.5, 0.6) is 0 Å². The summed E-state index contributed by atoms with van der Waals surface area (Å²) in [5, 5.41) is 17.1. The average Bonchev–Trinajstić information content (AvgIpc) is 2.29. The van der Waals surface area contributed by atoms with Crippen molar-refractivity contribution in [1.82, 2.24) is 4.72 Å². The third kappa shape index (κ3) is 2.80. The van der Waals surface area contributed by atoms with Crippen LogP contribution >= 0.6 is 0 Å². The maximum absolute atomic E-state index is 11.7. The van der Waals surface area contributed by atoms with Gasteiger partial charge >= 0.3 is 0 Å². The Hall–Kier alpha value is -1.89. The van der Waals surface area contributed by atoms with E-state index in [2.05, 4.69) is 4.72 Å². The Morgan fingerprint density at radius 2 is 1.94 bits per heavy atom. The highest BCUT2D eigenvalue weighted by Gasteiger charge is 2.16. The van der Waals surface area contributed by atoms with Crippen molar-refractivity contribution in [3.8, 4) is 12.1 Å². The van der Waals surface area contributed by atoms with E-state index in [1.165, 1.54) is 12.1 Å². The minimum Gasteiger partial charge on any atom is -0.210 e. The number of hydrogen-bond acceptors (Lipinski definition) is 4. The quantitative estimate of drug-likeness (QED) is 0.779. The molecule has 0 aliphatic heterocycles. The second-order valence-corrected chi connectivity index (χ2v) is 4.65. The van der Waals surface area contributed by atoms with Gasteiger partial charge in [-0.3, -0.25) is 0 Å². The highest BCUT2D eigenvalue weighted by Crippen LogP contribution is 2.13. The van der Waals surface area contributed by atoms with Crippen LogP contribution in [-0.2, 0) is 10.0 Å². The molecule has 0 saturated heterocycles. The molecule has 0 unspecified atom stereocenters. The molecule has 0 heterocycles. The number of rotatable bonds is 4. The molecule has 5 nitrogen and oxygen atoms in total. The summed E-state index contributed by atoms with van der Waals surface area (Å²) < 4.78 is 25.7. The van der Waals surface area contributed by atoms with Gasteiger partial charge in [-0.15, -0.1) is 0 Å². The summed E-state index contributed by atoms with van der Waals surface area (Å²) in [6.45, 7) is 0.0403. The molecule has 16 heavy (non-hydrogen) atoms. The summed E-state index contributed by atoms with van der Waals surface area (Å²) in [7, 11) is -3.70. The lowest BCUT2D eigenvalue weighted by Gasteiger charge is -2.05. The summed E-state index contributed by atoms with van der Waals surface area (Å²) >= 11 is 0. The van der Waals surface area contributed by atoms with E-state index >= 15 is 0 Å². The van der Waals surface area contributed by atoms with Crippen molar-refractivity contribution in [3.63, 3.8) is 0 Å². The molecule has 0 fully saturated rings. The van der Waals surface area contributed by atoms with Crippen LogP contribution in [0.25, 0.3) is 0 Å². The van der Waals surface area contributed by atoms with Crippen molar-refractivity contribution < 1.29 is 8.42 Å². The third-order valence-electron chi connectivity index (χ3n) is 1.83. The molecular weight excluding hydrogens is 226 g/mol. The van der Waals surface area contributed by atoms with Gasteiger partial charge in [0.2, 0.25) is 10.0 Å². The maximum Gasteiger partial charge on any atom is 0.241 e. The first-order valence-corrected chi connectivity index (χ1v) is 5.96. The number of nitrogens with zero attached hydrogens (tertiary/aromatic N) is 2. The maximum atomic E-state index is 11.7. The summed E-state index contributed by atoms with van der Waals surface area (Å²) in [4.78, 5) is -0.0598. The van der Waals surface area contributed by atoms with Crippen LogP contribution in [0, 0.1) is 22.7 Å². The molecule has 0 saturated carbocycles. The Morgan fingerprint density at radius 1 is 1.25 bits per heavy atom. The molecule has 6 heteroatoms. The Labute approximate surface area is 94.0 Å². The van der Waals surface area contributed by atoms with Gasteiger partial charge in [-0.1, -0.05) is 12.1 Å². The van der Waals surface area contributed by atoms with Gasteiger partial charge in [0.15, 0.2) is 0 Å². The van der Waals surface area contributed by atoms with Gasteiger partial charge in [-0.2, -0.15) is 10.5 Å². The molecule has 1 N–H and O–H groups in total. The lowest BCUT2D eigenvalue weighted by atomic mass is 10.2. The third-order valence-corrected chi connectivity index (χ3v) is 3.35. The molecule has 0 spiro atoms. The average molecular weight is 235 g/mol. The number of sulfonamides is 1. The van der Waals surface area contributed by atoms with E-state index in [9.17, 15) is 8.42 Å². The summed E-state index contributed by atoms with van der Waals surface area (Å²) in [6.07, 6.45) is 0.0912. The van der Waals surface area contributed by atoms with E-state index in [4.69, 9.17) is 10.5 Å². The smallest absolute Gasteiger partial charge is 0.210 e. The van der Waals surface area contributed by atoms with Crippen molar-refractivity contribution in [2.24, 2.45) is 0 Å². The second-order valence-electron chi connectivity index (χ2n) is 2.91. The molecule has 0 atom stereocenters. The molecule has 0 radical (unpaired) electrons.